The van der Waals surface area contributed by atoms with Gasteiger partial charge in [-0.05, 0) is 24.7 Å². The van der Waals surface area contributed by atoms with Gasteiger partial charge in [-0.3, -0.25) is 4.79 Å². The predicted molar refractivity (Wildman–Crippen MR) is 52.3 cm³/mol. The van der Waals surface area contributed by atoms with Gasteiger partial charge in [0.2, 0.25) is 5.91 Å². The number of hydrogen-bond donors (Lipinski definition) is 1. The molecule has 1 aliphatic carbocycles. The second-order valence-electron chi connectivity index (χ2n) is 4.66. The minimum absolute atomic E-state index is 0.274. The van der Waals surface area contributed by atoms with Crippen LogP contribution in [0.3, 0.4) is 0 Å². The zero-order chi connectivity index (χ0) is 9.26. The van der Waals surface area contributed by atoms with Crippen LogP contribution in [-0.2, 0) is 4.79 Å². The van der Waals surface area contributed by atoms with Crippen molar-refractivity contribution in [2.45, 2.75) is 51.5 Å². The lowest BCUT2D eigenvalue weighted by Gasteiger charge is -2.35. The Morgan fingerprint density at radius 1 is 1.23 bits per heavy atom. The zero-order valence-corrected chi connectivity index (χ0v) is 8.38. The second-order valence-corrected chi connectivity index (χ2v) is 4.66. The van der Waals surface area contributed by atoms with E-state index in [-0.39, 0.29) is 5.91 Å². The SMILES string of the molecule is CC1CC(=O)NC2CCCCCC12. The molecular weight excluding hydrogens is 162 g/mol. The molecule has 1 aliphatic heterocycles. The number of carbonyl (C=O) groups is 1. The molecular formula is C11H19NO. The van der Waals surface area contributed by atoms with E-state index in [0.29, 0.717) is 12.0 Å². The molecule has 1 N–H and O–H groups in total. The van der Waals surface area contributed by atoms with Crippen molar-refractivity contribution in [3.05, 3.63) is 0 Å². The molecule has 74 valence electrons. The summed E-state index contributed by atoms with van der Waals surface area (Å²) in [5.41, 5.74) is 0. The largest absolute Gasteiger partial charge is 0.353 e. The molecule has 3 atom stereocenters. The van der Waals surface area contributed by atoms with Gasteiger partial charge in [-0.15, -0.1) is 0 Å². The van der Waals surface area contributed by atoms with E-state index in [1.165, 1.54) is 32.1 Å². The quantitative estimate of drug-likeness (QED) is 0.609. The van der Waals surface area contributed by atoms with Gasteiger partial charge in [0.25, 0.3) is 0 Å². The topological polar surface area (TPSA) is 29.1 Å². The van der Waals surface area contributed by atoms with Crippen LogP contribution < -0.4 is 5.32 Å². The van der Waals surface area contributed by atoms with Crippen molar-refractivity contribution in [2.75, 3.05) is 0 Å². The highest BCUT2D eigenvalue weighted by Crippen LogP contribution is 2.33. The van der Waals surface area contributed by atoms with E-state index in [1.807, 2.05) is 0 Å². The Labute approximate surface area is 80.1 Å². The Hall–Kier alpha value is -0.530. The minimum Gasteiger partial charge on any atom is -0.353 e. The molecule has 0 bridgehead atoms. The summed E-state index contributed by atoms with van der Waals surface area (Å²) in [5.74, 6) is 1.65. The maximum atomic E-state index is 11.3. The Kier molecular flexibility index (Phi) is 2.56. The van der Waals surface area contributed by atoms with Crippen molar-refractivity contribution in [1.82, 2.24) is 5.32 Å². The molecule has 2 nitrogen and oxygen atoms in total. The third-order valence-electron chi connectivity index (χ3n) is 3.65. The standard InChI is InChI=1S/C11H19NO/c1-8-7-11(13)12-10-6-4-2-3-5-9(8)10/h8-10H,2-7H2,1H3,(H,12,13). The predicted octanol–water partition coefficient (Wildman–Crippen LogP) is 2.09. The summed E-state index contributed by atoms with van der Waals surface area (Å²) in [6.45, 7) is 2.24. The average Bonchev–Trinajstić information content (AvgIpc) is 2.28. The van der Waals surface area contributed by atoms with Gasteiger partial charge in [-0.2, -0.15) is 0 Å². The maximum Gasteiger partial charge on any atom is 0.220 e. The highest BCUT2D eigenvalue weighted by atomic mass is 16.1. The lowest BCUT2D eigenvalue weighted by atomic mass is 9.79. The maximum absolute atomic E-state index is 11.3. The summed E-state index contributed by atoms with van der Waals surface area (Å²) in [4.78, 5) is 11.3. The van der Waals surface area contributed by atoms with E-state index in [1.54, 1.807) is 0 Å². The summed E-state index contributed by atoms with van der Waals surface area (Å²) in [6.07, 6.45) is 7.30. The summed E-state index contributed by atoms with van der Waals surface area (Å²) in [7, 11) is 0. The molecule has 0 aromatic rings. The molecule has 2 aliphatic rings. The molecule has 2 fully saturated rings. The highest BCUT2D eigenvalue weighted by molar-refractivity contribution is 5.77. The van der Waals surface area contributed by atoms with E-state index < -0.39 is 0 Å². The number of fused-ring (bicyclic) bond motifs is 1. The van der Waals surface area contributed by atoms with Crippen LogP contribution in [0.15, 0.2) is 0 Å². The molecule has 0 aromatic heterocycles. The van der Waals surface area contributed by atoms with Crippen LogP contribution in [0.2, 0.25) is 0 Å². The number of carbonyl (C=O) groups excluding carboxylic acids is 1. The van der Waals surface area contributed by atoms with E-state index in [2.05, 4.69) is 12.2 Å². The highest BCUT2D eigenvalue weighted by Gasteiger charge is 2.34. The van der Waals surface area contributed by atoms with E-state index in [0.717, 1.165) is 12.3 Å². The molecule has 2 heteroatoms. The summed E-state index contributed by atoms with van der Waals surface area (Å²) >= 11 is 0. The average molecular weight is 181 g/mol. The molecule has 0 spiro atoms. The number of nitrogens with one attached hydrogen (secondary N) is 1. The van der Waals surface area contributed by atoms with Crippen LogP contribution in [0.25, 0.3) is 0 Å². The van der Waals surface area contributed by atoms with Gasteiger partial charge in [-0.1, -0.05) is 26.2 Å². The van der Waals surface area contributed by atoms with Gasteiger partial charge in [0.1, 0.15) is 0 Å². The van der Waals surface area contributed by atoms with Crippen molar-refractivity contribution >= 4 is 5.91 Å². The molecule has 1 saturated heterocycles. The molecule has 2 rings (SSSR count). The smallest absolute Gasteiger partial charge is 0.220 e. The normalized spacial score (nSPS) is 40.4. The van der Waals surface area contributed by atoms with Gasteiger partial charge < -0.3 is 5.32 Å². The Morgan fingerprint density at radius 3 is 2.85 bits per heavy atom. The van der Waals surface area contributed by atoms with Crippen LogP contribution in [0, 0.1) is 11.8 Å². The second kappa shape index (κ2) is 3.69. The number of amides is 1. The Bertz CT molecular complexity index is 202. The van der Waals surface area contributed by atoms with Crippen molar-refractivity contribution < 1.29 is 4.79 Å². The van der Waals surface area contributed by atoms with E-state index in [4.69, 9.17) is 0 Å². The Balaban J connectivity index is 2.07. The fourth-order valence-corrected chi connectivity index (χ4v) is 2.91. The van der Waals surface area contributed by atoms with E-state index in [9.17, 15) is 4.79 Å². The van der Waals surface area contributed by atoms with Gasteiger partial charge in [0.15, 0.2) is 0 Å². The fourth-order valence-electron chi connectivity index (χ4n) is 2.91. The van der Waals surface area contributed by atoms with Crippen LogP contribution in [0.1, 0.15) is 45.4 Å². The first-order chi connectivity index (χ1) is 6.27. The molecule has 1 saturated carbocycles. The first-order valence-corrected chi connectivity index (χ1v) is 5.57. The van der Waals surface area contributed by atoms with Gasteiger partial charge >= 0.3 is 0 Å². The lowest BCUT2D eigenvalue weighted by Crippen LogP contribution is -2.47. The first kappa shape index (κ1) is 9.04. The molecule has 0 radical (unpaired) electrons. The molecule has 3 unspecified atom stereocenters. The van der Waals surface area contributed by atoms with Crippen LogP contribution in [0.4, 0.5) is 0 Å². The van der Waals surface area contributed by atoms with Crippen LogP contribution >= 0.6 is 0 Å². The van der Waals surface area contributed by atoms with E-state index >= 15 is 0 Å². The number of piperidine rings is 1. The zero-order valence-electron chi connectivity index (χ0n) is 8.38. The molecule has 0 aromatic carbocycles. The summed E-state index contributed by atoms with van der Waals surface area (Å²) in [5, 5.41) is 3.15. The molecule has 1 heterocycles. The molecule has 1 amide bonds. The van der Waals surface area contributed by atoms with Crippen LogP contribution in [0.5, 0.6) is 0 Å². The third-order valence-corrected chi connectivity index (χ3v) is 3.65. The first-order valence-electron chi connectivity index (χ1n) is 5.57. The summed E-state index contributed by atoms with van der Waals surface area (Å²) < 4.78 is 0. The van der Waals surface area contributed by atoms with Crippen molar-refractivity contribution in [3.8, 4) is 0 Å². The van der Waals surface area contributed by atoms with Crippen LogP contribution in [-0.4, -0.2) is 11.9 Å². The lowest BCUT2D eigenvalue weighted by molar-refractivity contribution is -0.126. The van der Waals surface area contributed by atoms with Crippen molar-refractivity contribution in [2.24, 2.45) is 11.8 Å². The number of rotatable bonds is 0. The van der Waals surface area contributed by atoms with Crippen molar-refractivity contribution in [1.29, 1.82) is 0 Å². The van der Waals surface area contributed by atoms with Gasteiger partial charge in [-0.25, -0.2) is 0 Å². The minimum atomic E-state index is 0.274. The van der Waals surface area contributed by atoms with Gasteiger partial charge in [0.05, 0.1) is 0 Å². The third kappa shape index (κ3) is 1.87. The number of hydrogen-bond acceptors (Lipinski definition) is 1. The molecule has 13 heavy (non-hydrogen) atoms. The summed E-state index contributed by atoms with van der Waals surface area (Å²) in [6, 6.07) is 0.499. The monoisotopic (exact) mass is 181 g/mol. The fraction of sp³-hybridized carbons (Fsp3) is 0.909. The Morgan fingerprint density at radius 2 is 2.00 bits per heavy atom. The van der Waals surface area contributed by atoms with Gasteiger partial charge in [0, 0.05) is 12.5 Å². The van der Waals surface area contributed by atoms with Crippen molar-refractivity contribution in [3.63, 3.8) is 0 Å².